The second-order valence-corrected chi connectivity index (χ2v) is 7.66. The number of ether oxygens (including phenoxy) is 2. The van der Waals surface area contributed by atoms with E-state index in [0.717, 1.165) is 17.5 Å². The van der Waals surface area contributed by atoms with E-state index in [1.165, 1.54) is 5.56 Å². The minimum Gasteiger partial charge on any atom is -0.493 e. The fourth-order valence-electron chi connectivity index (χ4n) is 4.50. The number of fused-ring (bicyclic) bond motifs is 1. The fourth-order valence-corrected chi connectivity index (χ4v) is 4.50. The van der Waals surface area contributed by atoms with Gasteiger partial charge in [0.15, 0.2) is 11.5 Å². The zero-order valence-corrected chi connectivity index (χ0v) is 17.1. The van der Waals surface area contributed by atoms with Crippen molar-refractivity contribution in [3.8, 4) is 11.5 Å². The van der Waals surface area contributed by atoms with Gasteiger partial charge < -0.3 is 19.3 Å². The lowest BCUT2D eigenvalue weighted by atomic mass is 9.91. The van der Waals surface area contributed by atoms with Crippen LogP contribution in [0.5, 0.6) is 11.5 Å². The van der Waals surface area contributed by atoms with Crippen LogP contribution in [0.2, 0.25) is 0 Å². The molecule has 0 saturated carbocycles. The molecule has 29 heavy (non-hydrogen) atoms. The molecular formula is C23H26N2O4. The van der Waals surface area contributed by atoms with E-state index in [-0.39, 0.29) is 30.2 Å². The Kier molecular flexibility index (Phi) is 5.18. The van der Waals surface area contributed by atoms with Crippen molar-refractivity contribution in [1.29, 1.82) is 0 Å². The summed E-state index contributed by atoms with van der Waals surface area (Å²) in [5, 5.41) is 0. The molecule has 1 saturated heterocycles. The fraction of sp³-hybridized carbons (Fsp3) is 0.391. The lowest BCUT2D eigenvalue weighted by Crippen LogP contribution is -2.41. The second kappa shape index (κ2) is 7.78. The molecule has 1 fully saturated rings. The first-order valence-electron chi connectivity index (χ1n) is 9.86. The highest BCUT2D eigenvalue weighted by Gasteiger charge is 2.44. The van der Waals surface area contributed by atoms with Crippen LogP contribution in [-0.4, -0.2) is 49.4 Å². The van der Waals surface area contributed by atoms with E-state index in [1.54, 1.807) is 26.2 Å². The van der Waals surface area contributed by atoms with Crippen molar-refractivity contribution in [2.24, 2.45) is 5.92 Å². The predicted molar refractivity (Wildman–Crippen MR) is 109 cm³/mol. The van der Waals surface area contributed by atoms with E-state index in [1.807, 2.05) is 47.4 Å². The van der Waals surface area contributed by atoms with Gasteiger partial charge in [0.1, 0.15) is 0 Å². The summed E-state index contributed by atoms with van der Waals surface area (Å²) in [6.45, 7) is 1.15. The van der Waals surface area contributed by atoms with Crippen molar-refractivity contribution in [1.82, 2.24) is 9.80 Å². The Hall–Kier alpha value is -3.02. The summed E-state index contributed by atoms with van der Waals surface area (Å²) in [6.07, 6.45) is 1.01. The third-order valence-corrected chi connectivity index (χ3v) is 6.07. The van der Waals surface area contributed by atoms with Gasteiger partial charge in [-0.1, -0.05) is 30.3 Å². The van der Waals surface area contributed by atoms with Gasteiger partial charge in [0.2, 0.25) is 11.8 Å². The third-order valence-electron chi connectivity index (χ3n) is 6.07. The van der Waals surface area contributed by atoms with E-state index in [0.29, 0.717) is 24.6 Å². The normalized spacial score (nSPS) is 21.1. The van der Waals surface area contributed by atoms with Crippen molar-refractivity contribution < 1.29 is 19.1 Å². The molecule has 2 aliphatic heterocycles. The Balaban J connectivity index is 1.59. The molecule has 2 aliphatic rings. The Morgan fingerprint density at radius 3 is 2.34 bits per heavy atom. The van der Waals surface area contributed by atoms with E-state index >= 15 is 0 Å². The zero-order valence-electron chi connectivity index (χ0n) is 17.1. The number of amides is 2. The standard InChI is InChI=1S/C23H26N2O4/c1-24-21(26)13-18(22(24)15-7-5-4-6-8-15)23(27)25-10-9-16-11-19(28-2)20(29-3)12-17(16)14-25/h4-8,11-12,18,22H,9-10,13-14H2,1-3H3. The van der Waals surface area contributed by atoms with Crippen LogP contribution in [0.25, 0.3) is 0 Å². The Bertz CT molecular complexity index is 928. The summed E-state index contributed by atoms with van der Waals surface area (Å²) in [5.41, 5.74) is 3.24. The summed E-state index contributed by atoms with van der Waals surface area (Å²) in [5.74, 6) is 1.06. The number of nitrogens with zero attached hydrogens (tertiary/aromatic N) is 2. The Morgan fingerprint density at radius 2 is 1.69 bits per heavy atom. The average molecular weight is 394 g/mol. The number of benzene rings is 2. The van der Waals surface area contributed by atoms with Gasteiger partial charge in [-0.2, -0.15) is 0 Å². The first-order valence-corrected chi connectivity index (χ1v) is 9.86. The molecule has 152 valence electrons. The van der Waals surface area contributed by atoms with Gasteiger partial charge in [0.05, 0.1) is 26.2 Å². The van der Waals surface area contributed by atoms with Crippen LogP contribution < -0.4 is 9.47 Å². The van der Waals surface area contributed by atoms with Crippen molar-refractivity contribution in [3.05, 3.63) is 59.2 Å². The van der Waals surface area contributed by atoms with Crippen LogP contribution in [0, 0.1) is 5.92 Å². The molecule has 4 rings (SSSR count). The molecule has 6 heteroatoms. The van der Waals surface area contributed by atoms with Crippen molar-refractivity contribution in [2.75, 3.05) is 27.8 Å². The lowest BCUT2D eigenvalue weighted by molar-refractivity contribution is -0.137. The van der Waals surface area contributed by atoms with Gasteiger partial charge >= 0.3 is 0 Å². The molecule has 2 aromatic rings. The zero-order chi connectivity index (χ0) is 20.5. The maximum Gasteiger partial charge on any atom is 0.228 e. The number of carbonyl (C=O) groups excluding carboxylic acids is 2. The molecule has 2 heterocycles. The van der Waals surface area contributed by atoms with Gasteiger partial charge in [-0.15, -0.1) is 0 Å². The van der Waals surface area contributed by atoms with Crippen LogP contribution in [-0.2, 0) is 22.6 Å². The molecule has 0 N–H and O–H groups in total. The molecule has 2 atom stereocenters. The first kappa shape index (κ1) is 19.3. The van der Waals surface area contributed by atoms with Crippen molar-refractivity contribution in [2.45, 2.75) is 25.4 Å². The van der Waals surface area contributed by atoms with Crippen LogP contribution in [0.15, 0.2) is 42.5 Å². The highest BCUT2D eigenvalue weighted by atomic mass is 16.5. The molecule has 0 spiro atoms. The van der Waals surface area contributed by atoms with Gasteiger partial charge in [-0.25, -0.2) is 0 Å². The molecule has 2 aromatic carbocycles. The minimum atomic E-state index is -0.364. The second-order valence-electron chi connectivity index (χ2n) is 7.66. The molecule has 2 amide bonds. The first-order chi connectivity index (χ1) is 14.0. The number of likely N-dealkylation sites (tertiary alicyclic amines) is 1. The number of hydrogen-bond acceptors (Lipinski definition) is 4. The molecule has 0 aliphatic carbocycles. The third kappa shape index (κ3) is 3.43. The number of methoxy groups -OCH3 is 2. The van der Waals surface area contributed by atoms with Gasteiger partial charge in [-0.3, -0.25) is 9.59 Å². The van der Waals surface area contributed by atoms with Crippen LogP contribution in [0.3, 0.4) is 0 Å². The number of carbonyl (C=O) groups is 2. The van der Waals surface area contributed by atoms with E-state index in [4.69, 9.17) is 9.47 Å². The largest absolute Gasteiger partial charge is 0.493 e. The molecule has 0 bridgehead atoms. The Labute approximate surface area is 171 Å². The molecule has 6 nitrogen and oxygen atoms in total. The van der Waals surface area contributed by atoms with E-state index < -0.39 is 0 Å². The van der Waals surface area contributed by atoms with E-state index in [9.17, 15) is 9.59 Å². The van der Waals surface area contributed by atoms with Crippen molar-refractivity contribution >= 4 is 11.8 Å². The molecule has 2 unspecified atom stereocenters. The summed E-state index contributed by atoms with van der Waals surface area (Å²) in [4.78, 5) is 29.5. The summed E-state index contributed by atoms with van der Waals surface area (Å²) >= 11 is 0. The van der Waals surface area contributed by atoms with Crippen molar-refractivity contribution in [3.63, 3.8) is 0 Å². The van der Waals surface area contributed by atoms with Crippen LogP contribution in [0.4, 0.5) is 0 Å². The maximum absolute atomic E-state index is 13.5. The number of hydrogen-bond donors (Lipinski definition) is 0. The topological polar surface area (TPSA) is 59.1 Å². The average Bonchev–Trinajstić information content (AvgIpc) is 3.06. The van der Waals surface area contributed by atoms with Crippen LogP contribution in [0.1, 0.15) is 29.2 Å². The molecule has 0 radical (unpaired) electrons. The SMILES string of the molecule is COc1cc2c(cc1OC)CN(C(=O)C1CC(=O)N(C)C1c1ccccc1)CC2. The molecular weight excluding hydrogens is 368 g/mol. The summed E-state index contributed by atoms with van der Waals surface area (Å²) in [6, 6.07) is 13.5. The smallest absolute Gasteiger partial charge is 0.228 e. The maximum atomic E-state index is 13.5. The minimum absolute atomic E-state index is 0.0148. The predicted octanol–water partition coefficient (Wildman–Crippen LogP) is 2.81. The van der Waals surface area contributed by atoms with Gasteiger partial charge in [0, 0.05) is 26.6 Å². The van der Waals surface area contributed by atoms with Gasteiger partial charge in [0.25, 0.3) is 0 Å². The molecule has 0 aromatic heterocycles. The highest BCUT2D eigenvalue weighted by molar-refractivity contribution is 5.90. The van der Waals surface area contributed by atoms with Gasteiger partial charge in [-0.05, 0) is 35.2 Å². The van der Waals surface area contributed by atoms with Crippen LogP contribution >= 0.6 is 0 Å². The highest BCUT2D eigenvalue weighted by Crippen LogP contribution is 2.39. The summed E-state index contributed by atoms with van der Waals surface area (Å²) in [7, 11) is 5.02. The van der Waals surface area contributed by atoms with E-state index in [2.05, 4.69) is 0 Å². The summed E-state index contributed by atoms with van der Waals surface area (Å²) < 4.78 is 10.8. The Morgan fingerprint density at radius 1 is 1.03 bits per heavy atom. The monoisotopic (exact) mass is 394 g/mol. The quantitative estimate of drug-likeness (QED) is 0.800. The lowest BCUT2D eigenvalue weighted by Gasteiger charge is -2.33. The number of rotatable bonds is 4.